The number of halogens is 3. The Hall–Kier alpha value is -2.90. The van der Waals surface area contributed by atoms with Gasteiger partial charge in [0.25, 0.3) is 11.8 Å². The summed E-state index contributed by atoms with van der Waals surface area (Å²) in [6.45, 7) is 4.25. The van der Waals surface area contributed by atoms with Gasteiger partial charge in [-0.15, -0.1) is 0 Å². The second-order valence-electron chi connectivity index (χ2n) is 6.95. The molecular weight excluding hydrogens is 434 g/mol. The number of hydrogen-bond acceptors (Lipinski definition) is 4. The molecule has 0 bridgehead atoms. The van der Waals surface area contributed by atoms with Crippen LogP contribution in [-0.2, 0) is 9.59 Å². The highest BCUT2D eigenvalue weighted by atomic mass is 35.5. The normalized spacial score (nSPS) is 15.7. The molecule has 0 atom stereocenters. The van der Waals surface area contributed by atoms with Crippen molar-refractivity contribution >= 4 is 52.8 Å². The second-order valence-corrected chi connectivity index (χ2v) is 7.79. The van der Waals surface area contributed by atoms with Crippen molar-refractivity contribution in [1.82, 2.24) is 5.32 Å². The van der Waals surface area contributed by atoms with Crippen molar-refractivity contribution in [3.05, 3.63) is 63.4 Å². The summed E-state index contributed by atoms with van der Waals surface area (Å²) in [6, 6.07) is 6.76. The van der Waals surface area contributed by atoms with Crippen molar-refractivity contribution in [2.24, 2.45) is 5.92 Å². The number of imide groups is 2. The molecule has 1 N–H and O–H groups in total. The van der Waals surface area contributed by atoms with Gasteiger partial charge in [-0.1, -0.05) is 37.0 Å². The van der Waals surface area contributed by atoms with Gasteiger partial charge in [-0.05, 0) is 48.4 Å². The molecule has 0 unspecified atom stereocenters. The molecule has 2 aromatic rings. The maximum absolute atomic E-state index is 13.2. The Bertz CT molecular complexity index is 1050. The summed E-state index contributed by atoms with van der Waals surface area (Å²) in [5.74, 6) is -1.83. The van der Waals surface area contributed by atoms with E-state index >= 15 is 0 Å². The maximum atomic E-state index is 13.2. The minimum absolute atomic E-state index is 0.109. The summed E-state index contributed by atoms with van der Waals surface area (Å²) in [5, 5.41) is 2.59. The number of carbonyl (C=O) groups excluding carboxylic acids is 3. The van der Waals surface area contributed by atoms with Crippen LogP contribution in [0.5, 0.6) is 5.75 Å². The molecule has 4 amide bonds. The van der Waals surface area contributed by atoms with E-state index < -0.39 is 23.7 Å². The van der Waals surface area contributed by atoms with Crippen molar-refractivity contribution < 1.29 is 23.5 Å². The lowest BCUT2D eigenvalue weighted by atomic mass is 10.1. The number of anilines is 1. The van der Waals surface area contributed by atoms with Gasteiger partial charge in [0, 0.05) is 10.6 Å². The van der Waals surface area contributed by atoms with E-state index in [0.29, 0.717) is 12.2 Å². The van der Waals surface area contributed by atoms with Crippen molar-refractivity contribution in [2.45, 2.75) is 13.8 Å². The largest absolute Gasteiger partial charge is 0.491 e. The van der Waals surface area contributed by atoms with E-state index in [1.165, 1.54) is 30.3 Å². The smallest absolute Gasteiger partial charge is 0.335 e. The standard InChI is InChI=1S/C21H17Cl2FN2O4/c1-11(2)10-30-18-12(7-13(22)9-17(18)23)8-16-19(27)25-21(29)26(20(16)28)15-5-3-14(24)4-6-15/h3-9,11H,10H2,1-2H3,(H,25,27,29)/b16-8+. The van der Waals surface area contributed by atoms with Gasteiger partial charge in [0.2, 0.25) is 0 Å². The monoisotopic (exact) mass is 450 g/mol. The minimum atomic E-state index is -0.936. The molecule has 156 valence electrons. The van der Waals surface area contributed by atoms with Crippen LogP contribution in [0.1, 0.15) is 19.4 Å². The molecule has 30 heavy (non-hydrogen) atoms. The first-order chi connectivity index (χ1) is 14.2. The molecule has 0 spiro atoms. The lowest BCUT2D eigenvalue weighted by Crippen LogP contribution is -2.54. The highest BCUT2D eigenvalue weighted by Crippen LogP contribution is 2.35. The summed E-state index contributed by atoms with van der Waals surface area (Å²) in [6.07, 6.45) is 1.26. The van der Waals surface area contributed by atoms with E-state index in [4.69, 9.17) is 27.9 Å². The number of carbonyl (C=O) groups is 3. The molecule has 6 nitrogen and oxygen atoms in total. The Labute approximate surface area is 182 Å². The number of hydrogen-bond donors (Lipinski definition) is 1. The van der Waals surface area contributed by atoms with Crippen LogP contribution in [0.25, 0.3) is 6.08 Å². The summed E-state index contributed by atoms with van der Waals surface area (Å²) >= 11 is 12.3. The average Bonchev–Trinajstić information content (AvgIpc) is 2.65. The van der Waals surface area contributed by atoms with Gasteiger partial charge in [-0.2, -0.15) is 0 Å². The Balaban J connectivity index is 2.05. The number of urea groups is 1. The van der Waals surface area contributed by atoms with Crippen molar-refractivity contribution in [3.63, 3.8) is 0 Å². The number of barbiturate groups is 1. The van der Waals surface area contributed by atoms with E-state index in [2.05, 4.69) is 5.32 Å². The van der Waals surface area contributed by atoms with Gasteiger partial charge in [-0.3, -0.25) is 14.9 Å². The third-order valence-electron chi connectivity index (χ3n) is 4.08. The van der Waals surface area contributed by atoms with Crippen LogP contribution < -0.4 is 15.0 Å². The summed E-state index contributed by atoms with van der Waals surface area (Å²) in [7, 11) is 0. The first-order valence-electron chi connectivity index (χ1n) is 8.96. The van der Waals surface area contributed by atoms with E-state index in [1.807, 2.05) is 13.8 Å². The fourth-order valence-electron chi connectivity index (χ4n) is 2.73. The topological polar surface area (TPSA) is 75.7 Å². The maximum Gasteiger partial charge on any atom is 0.335 e. The Morgan fingerprint density at radius 1 is 1.13 bits per heavy atom. The summed E-state index contributed by atoms with van der Waals surface area (Å²) in [4.78, 5) is 38.3. The zero-order chi connectivity index (χ0) is 22.0. The third kappa shape index (κ3) is 4.63. The molecule has 0 radical (unpaired) electrons. The molecule has 1 fully saturated rings. The van der Waals surface area contributed by atoms with E-state index in [1.54, 1.807) is 0 Å². The first kappa shape index (κ1) is 21.8. The quantitative estimate of drug-likeness (QED) is 0.522. The van der Waals surface area contributed by atoms with Crippen molar-refractivity contribution in [1.29, 1.82) is 0 Å². The SMILES string of the molecule is CC(C)COc1c(Cl)cc(Cl)cc1/C=C1\C(=O)NC(=O)N(c2ccc(F)cc2)C1=O. The Morgan fingerprint density at radius 3 is 2.43 bits per heavy atom. The molecule has 1 saturated heterocycles. The van der Waals surface area contributed by atoms with Crippen LogP contribution >= 0.6 is 23.2 Å². The summed E-state index contributed by atoms with van der Waals surface area (Å²) in [5.41, 5.74) is 0.0874. The molecule has 0 aromatic heterocycles. The molecule has 9 heteroatoms. The zero-order valence-corrected chi connectivity index (χ0v) is 17.6. The lowest BCUT2D eigenvalue weighted by molar-refractivity contribution is -0.122. The Morgan fingerprint density at radius 2 is 1.80 bits per heavy atom. The highest BCUT2D eigenvalue weighted by molar-refractivity contribution is 6.40. The number of nitrogens with zero attached hydrogens (tertiary/aromatic N) is 1. The van der Waals surface area contributed by atoms with Gasteiger partial charge in [0.05, 0.1) is 17.3 Å². The van der Waals surface area contributed by atoms with Gasteiger partial charge in [0.15, 0.2) is 0 Å². The molecule has 0 aliphatic carbocycles. The van der Waals surface area contributed by atoms with Gasteiger partial charge in [-0.25, -0.2) is 14.1 Å². The molecule has 0 saturated carbocycles. The number of ether oxygens (including phenoxy) is 1. The highest BCUT2D eigenvalue weighted by Gasteiger charge is 2.37. The zero-order valence-electron chi connectivity index (χ0n) is 16.0. The fraction of sp³-hybridized carbons (Fsp3) is 0.190. The van der Waals surface area contributed by atoms with Crippen LogP contribution in [0.3, 0.4) is 0 Å². The van der Waals surface area contributed by atoms with Gasteiger partial charge < -0.3 is 4.74 Å². The molecule has 3 rings (SSSR count). The summed E-state index contributed by atoms with van der Waals surface area (Å²) < 4.78 is 19.0. The molecule has 2 aromatic carbocycles. The number of benzene rings is 2. The number of rotatable bonds is 5. The average molecular weight is 451 g/mol. The van der Waals surface area contributed by atoms with E-state index in [9.17, 15) is 18.8 Å². The first-order valence-corrected chi connectivity index (χ1v) is 9.72. The van der Waals surface area contributed by atoms with Crippen LogP contribution in [-0.4, -0.2) is 24.5 Å². The molecular formula is C21H17Cl2FN2O4. The van der Waals surface area contributed by atoms with Gasteiger partial charge >= 0.3 is 6.03 Å². The van der Waals surface area contributed by atoms with Gasteiger partial charge in [0.1, 0.15) is 17.1 Å². The molecule has 1 heterocycles. The second kappa shape index (κ2) is 8.85. The fourth-order valence-corrected chi connectivity index (χ4v) is 3.29. The van der Waals surface area contributed by atoms with Crippen LogP contribution in [0.15, 0.2) is 42.0 Å². The van der Waals surface area contributed by atoms with Crippen molar-refractivity contribution in [2.75, 3.05) is 11.5 Å². The minimum Gasteiger partial charge on any atom is -0.491 e. The number of nitrogens with one attached hydrogen (secondary N) is 1. The Kier molecular flexibility index (Phi) is 6.43. The molecule has 1 aliphatic rings. The van der Waals surface area contributed by atoms with Crippen LogP contribution in [0.2, 0.25) is 10.0 Å². The lowest BCUT2D eigenvalue weighted by Gasteiger charge is -2.26. The van der Waals surface area contributed by atoms with E-state index in [0.717, 1.165) is 17.0 Å². The van der Waals surface area contributed by atoms with E-state index in [-0.39, 0.29) is 33.0 Å². The van der Waals surface area contributed by atoms with Crippen LogP contribution in [0, 0.1) is 11.7 Å². The third-order valence-corrected chi connectivity index (χ3v) is 4.58. The predicted octanol–water partition coefficient (Wildman–Crippen LogP) is 4.83. The number of amides is 4. The van der Waals surface area contributed by atoms with Crippen LogP contribution in [0.4, 0.5) is 14.9 Å². The predicted molar refractivity (Wildman–Crippen MR) is 112 cm³/mol. The molecule has 1 aliphatic heterocycles. The van der Waals surface area contributed by atoms with Crippen molar-refractivity contribution in [3.8, 4) is 5.75 Å².